The topological polar surface area (TPSA) is 8.81 Å². The van der Waals surface area contributed by atoms with Crippen molar-refractivity contribution in [3.05, 3.63) is 18.2 Å². The van der Waals surface area contributed by atoms with Crippen LogP contribution in [0.1, 0.15) is 200 Å². The summed E-state index contributed by atoms with van der Waals surface area (Å²) < 4.78 is 5.25. The van der Waals surface area contributed by atoms with Crippen LogP contribution in [0, 0.1) is 0 Å². The molecule has 0 saturated heterocycles. The fourth-order valence-electron chi connectivity index (χ4n) is 5.97. The molecule has 224 valence electrons. The molecule has 1 aromatic rings. The maximum Gasteiger partial charge on any atom is 0.256 e. The fourth-order valence-corrected chi connectivity index (χ4v) is 5.97. The summed E-state index contributed by atoms with van der Waals surface area (Å²) in [5, 5.41) is 0. The van der Waals surface area contributed by atoms with Gasteiger partial charge in [0.2, 0.25) is 0 Å². The van der Waals surface area contributed by atoms with Crippen LogP contribution in [-0.4, -0.2) is 4.57 Å². The SMILES string of the molecule is CCCCCCCCCCCCCc1n(CCCCCCCCCC)cc[n+]1CCCCCCCCCC. The van der Waals surface area contributed by atoms with Crippen LogP contribution < -0.4 is 4.57 Å². The smallest absolute Gasteiger partial charge is 0.234 e. The van der Waals surface area contributed by atoms with Gasteiger partial charge in [-0.05, 0) is 32.1 Å². The summed E-state index contributed by atoms with van der Waals surface area (Å²) in [6, 6.07) is 0. The Morgan fingerprint density at radius 2 is 0.816 bits per heavy atom. The second kappa shape index (κ2) is 27.8. The lowest BCUT2D eigenvalue weighted by atomic mass is 10.1. The summed E-state index contributed by atoms with van der Waals surface area (Å²) in [6.07, 6.45) is 44.4. The standard InChI is InChI=1S/C36H71N2/c1-4-7-10-13-16-19-20-21-22-25-28-31-36-37(32-29-26-23-17-14-11-8-5-2)34-35-38(36)33-30-27-24-18-15-12-9-6-3/h34-35H,4-33H2,1-3H3/q+1. The van der Waals surface area contributed by atoms with E-state index in [1.807, 2.05) is 0 Å². The molecule has 0 fully saturated rings. The van der Waals surface area contributed by atoms with E-state index in [1.54, 1.807) is 5.82 Å². The predicted molar refractivity (Wildman–Crippen MR) is 170 cm³/mol. The van der Waals surface area contributed by atoms with Gasteiger partial charge in [-0.25, -0.2) is 9.13 Å². The highest BCUT2D eigenvalue weighted by molar-refractivity contribution is 4.84. The van der Waals surface area contributed by atoms with Crippen LogP contribution in [0.15, 0.2) is 12.4 Å². The molecule has 0 aromatic carbocycles. The zero-order chi connectivity index (χ0) is 27.4. The zero-order valence-corrected chi connectivity index (χ0v) is 26.8. The van der Waals surface area contributed by atoms with Crippen molar-refractivity contribution in [2.45, 2.75) is 214 Å². The Hall–Kier alpha value is -0.790. The quantitative estimate of drug-likeness (QED) is 0.0689. The minimum Gasteiger partial charge on any atom is -0.234 e. The number of aryl methyl sites for hydroxylation is 2. The molecule has 2 heteroatoms. The molecule has 0 spiro atoms. The highest BCUT2D eigenvalue weighted by atomic mass is 15.1. The summed E-state index contributed by atoms with van der Waals surface area (Å²) in [4.78, 5) is 0. The van der Waals surface area contributed by atoms with E-state index < -0.39 is 0 Å². The number of imidazole rings is 1. The first-order chi connectivity index (χ1) is 18.8. The number of rotatable bonds is 30. The lowest BCUT2D eigenvalue weighted by Gasteiger charge is -2.07. The number of hydrogen-bond donors (Lipinski definition) is 0. The second-order valence-corrected chi connectivity index (χ2v) is 12.3. The maximum atomic E-state index is 2.62. The van der Waals surface area contributed by atoms with Gasteiger partial charge in [-0.2, -0.15) is 0 Å². The first kappa shape index (κ1) is 35.2. The molecule has 1 heterocycles. The molecule has 1 rings (SSSR count). The number of nitrogens with zero attached hydrogens (tertiary/aromatic N) is 2. The Bertz CT molecular complexity index is 553. The van der Waals surface area contributed by atoms with E-state index in [2.05, 4.69) is 42.3 Å². The molecule has 0 aliphatic carbocycles. The van der Waals surface area contributed by atoms with E-state index in [1.165, 1.54) is 193 Å². The lowest BCUT2D eigenvalue weighted by molar-refractivity contribution is -0.704. The molecule has 0 amide bonds. The van der Waals surface area contributed by atoms with Crippen LogP contribution in [0.3, 0.4) is 0 Å². The average molecular weight is 532 g/mol. The van der Waals surface area contributed by atoms with Gasteiger partial charge in [0.05, 0.1) is 13.1 Å². The van der Waals surface area contributed by atoms with Crippen LogP contribution in [-0.2, 0) is 19.5 Å². The molecule has 2 nitrogen and oxygen atoms in total. The van der Waals surface area contributed by atoms with Gasteiger partial charge in [-0.3, -0.25) is 0 Å². The lowest BCUT2D eigenvalue weighted by Crippen LogP contribution is -2.37. The zero-order valence-electron chi connectivity index (χ0n) is 26.8. The van der Waals surface area contributed by atoms with Gasteiger partial charge in [-0.15, -0.1) is 0 Å². The normalized spacial score (nSPS) is 11.6. The van der Waals surface area contributed by atoms with Gasteiger partial charge in [0.1, 0.15) is 12.4 Å². The Morgan fingerprint density at radius 1 is 0.447 bits per heavy atom. The van der Waals surface area contributed by atoms with Gasteiger partial charge in [-0.1, -0.05) is 162 Å². The summed E-state index contributed by atoms with van der Waals surface area (Å²) in [5.74, 6) is 1.62. The molecule has 0 aliphatic heterocycles. The molecule has 0 bridgehead atoms. The molecule has 38 heavy (non-hydrogen) atoms. The van der Waals surface area contributed by atoms with Crippen molar-refractivity contribution in [1.82, 2.24) is 4.57 Å². The largest absolute Gasteiger partial charge is 0.256 e. The van der Waals surface area contributed by atoms with Crippen LogP contribution >= 0.6 is 0 Å². The van der Waals surface area contributed by atoms with Gasteiger partial charge in [0, 0.05) is 6.42 Å². The first-order valence-corrected chi connectivity index (χ1v) is 17.9. The minimum atomic E-state index is 1.23. The number of aromatic nitrogens is 2. The maximum absolute atomic E-state index is 2.62. The van der Waals surface area contributed by atoms with E-state index in [-0.39, 0.29) is 0 Å². The molecular formula is C36H71N2+. The van der Waals surface area contributed by atoms with Crippen molar-refractivity contribution in [2.75, 3.05) is 0 Å². The molecule has 0 radical (unpaired) electrons. The average Bonchev–Trinajstić information content (AvgIpc) is 3.31. The van der Waals surface area contributed by atoms with Crippen LogP contribution in [0.4, 0.5) is 0 Å². The van der Waals surface area contributed by atoms with Crippen LogP contribution in [0.5, 0.6) is 0 Å². The van der Waals surface area contributed by atoms with E-state index in [0.29, 0.717) is 0 Å². The summed E-state index contributed by atoms with van der Waals surface area (Å²) in [5.41, 5.74) is 0. The van der Waals surface area contributed by atoms with Gasteiger partial charge in [0.15, 0.2) is 0 Å². The summed E-state index contributed by atoms with van der Waals surface area (Å²) in [7, 11) is 0. The number of hydrogen-bond acceptors (Lipinski definition) is 0. The minimum absolute atomic E-state index is 1.23. The van der Waals surface area contributed by atoms with Crippen molar-refractivity contribution >= 4 is 0 Å². The van der Waals surface area contributed by atoms with Crippen LogP contribution in [0.2, 0.25) is 0 Å². The molecular weight excluding hydrogens is 460 g/mol. The highest BCUT2D eigenvalue weighted by Gasteiger charge is 2.16. The highest BCUT2D eigenvalue weighted by Crippen LogP contribution is 2.14. The Labute approximate surface area is 240 Å². The third-order valence-electron chi connectivity index (χ3n) is 8.60. The molecule has 0 saturated carbocycles. The first-order valence-electron chi connectivity index (χ1n) is 17.9. The van der Waals surface area contributed by atoms with E-state index >= 15 is 0 Å². The van der Waals surface area contributed by atoms with Crippen molar-refractivity contribution < 1.29 is 4.57 Å². The Kier molecular flexibility index (Phi) is 25.7. The van der Waals surface area contributed by atoms with Gasteiger partial charge >= 0.3 is 0 Å². The van der Waals surface area contributed by atoms with Gasteiger partial charge in [0.25, 0.3) is 5.82 Å². The van der Waals surface area contributed by atoms with E-state index in [4.69, 9.17) is 0 Å². The Balaban J connectivity index is 2.33. The number of unbranched alkanes of at least 4 members (excludes halogenated alkanes) is 24. The van der Waals surface area contributed by atoms with Crippen molar-refractivity contribution in [1.29, 1.82) is 0 Å². The molecule has 0 unspecified atom stereocenters. The molecule has 0 N–H and O–H groups in total. The van der Waals surface area contributed by atoms with Gasteiger partial charge < -0.3 is 0 Å². The molecule has 0 aliphatic rings. The summed E-state index contributed by atoms with van der Waals surface area (Å²) >= 11 is 0. The molecule has 1 aromatic heterocycles. The van der Waals surface area contributed by atoms with Crippen molar-refractivity contribution in [2.24, 2.45) is 0 Å². The second-order valence-electron chi connectivity index (χ2n) is 12.3. The predicted octanol–water partition coefficient (Wildman–Crippen LogP) is 11.9. The van der Waals surface area contributed by atoms with E-state index in [0.717, 1.165) is 0 Å². The monoisotopic (exact) mass is 532 g/mol. The third-order valence-corrected chi connectivity index (χ3v) is 8.60. The Morgan fingerprint density at radius 3 is 1.26 bits per heavy atom. The summed E-state index contributed by atoms with van der Waals surface area (Å²) in [6.45, 7) is 9.39. The third kappa shape index (κ3) is 20.2. The van der Waals surface area contributed by atoms with Crippen molar-refractivity contribution in [3.63, 3.8) is 0 Å². The molecule has 0 atom stereocenters. The van der Waals surface area contributed by atoms with Crippen molar-refractivity contribution in [3.8, 4) is 0 Å². The van der Waals surface area contributed by atoms with Crippen LogP contribution in [0.25, 0.3) is 0 Å². The fraction of sp³-hybridized carbons (Fsp3) is 0.917. The van der Waals surface area contributed by atoms with E-state index in [9.17, 15) is 0 Å².